The van der Waals surface area contributed by atoms with Gasteiger partial charge in [-0.3, -0.25) is 9.88 Å². The first kappa shape index (κ1) is 12.5. The molecule has 2 heterocycles. The monoisotopic (exact) mass is 237 g/mol. The molecule has 3 nitrogen and oxygen atoms in total. The molecule has 1 atom stereocenters. The van der Waals surface area contributed by atoms with E-state index in [1.165, 1.54) is 12.3 Å². The number of pyridine rings is 1. The van der Waals surface area contributed by atoms with E-state index in [-0.39, 0.29) is 5.82 Å². The largest absolute Gasteiger partial charge is 0.315 e. The first-order chi connectivity index (χ1) is 8.31. The summed E-state index contributed by atoms with van der Waals surface area (Å²) in [6.07, 6.45) is 3.49. The number of nitrogens with zero attached hydrogens (tertiary/aromatic N) is 2. The summed E-state index contributed by atoms with van der Waals surface area (Å²) in [5.41, 5.74) is 0.982. The molecule has 0 radical (unpaired) electrons. The number of halogens is 1. The van der Waals surface area contributed by atoms with Crippen molar-refractivity contribution in [3.05, 3.63) is 29.8 Å². The van der Waals surface area contributed by atoms with Crippen LogP contribution in [0.3, 0.4) is 0 Å². The van der Waals surface area contributed by atoms with Crippen molar-refractivity contribution in [3.63, 3.8) is 0 Å². The van der Waals surface area contributed by atoms with Gasteiger partial charge >= 0.3 is 0 Å². The lowest BCUT2D eigenvalue weighted by atomic mass is 10.1. The van der Waals surface area contributed by atoms with Crippen molar-refractivity contribution in [1.29, 1.82) is 0 Å². The molecule has 1 N–H and O–H groups in total. The van der Waals surface area contributed by atoms with Crippen LogP contribution >= 0.6 is 0 Å². The molecule has 1 unspecified atom stereocenters. The first-order valence-corrected chi connectivity index (χ1v) is 6.37. The van der Waals surface area contributed by atoms with Crippen LogP contribution in [0.25, 0.3) is 0 Å². The minimum atomic E-state index is -0.263. The molecule has 1 fully saturated rings. The third-order valence-corrected chi connectivity index (χ3v) is 3.29. The van der Waals surface area contributed by atoms with Gasteiger partial charge in [0.05, 0.1) is 17.9 Å². The van der Waals surface area contributed by atoms with E-state index in [2.05, 4.69) is 22.1 Å². The molecule has 0 saturated carbocycles. The minimum absolute atomic E-state index is 0.263. The average Bonchev–Trinajstić information content (AvgIpc) is 2.62. The summed E-state index contributed by atoms with van der Waals surface area (Å²) in [5, 5.41) is 3.39. The highest BCUT2D eigenvalue weighted by Crippen LogP contribution is 2.22. The smallest absolute Gasteiger partial charge is 0.141 e. The summed E-state index contributed by atoms with van der Waals surface area (Å²) in [7, 11) is 0. The predicted molar refractivity (Wildman–Crippen MR) is 66.3 cm³/mol. The highest BCUT2D eigenvalue weighted by molar-refractivity contribution is 5.10. The summed E-state index contributed by atoms with van der Waals surface area (Å²) in [5.74, 6) is -0.263. The molecule has 2 rings (SSSR count). The van der Waals surface area contributed by atoms with Gasteiger partial charge in [-0.1, -0.05) is 6.92 Å². The van der Waals surface area contributed by atoms with Gasteiger partial charge in [0.15, 0.2) is 0 Å². The second kappa shape index (κ2) is 6.07. The van der Waals surface area contributed by atoms with Crippen LogP contribution in [-0.2, 0) is 0 Å². The lowest BCUT2D eigenvalue weighted by Crippen LogP contribution is -2.32. The van der Waals surface area contributed by atoms with Crippen LogP contribution in [0.4, 0.5) is 4.39 Å². The highest BCUT2D eigenvalue weighted by Gasteiger charge is 2.20. The summed E-state index contributed by atoms with van der Waals surface area (Å²) in [4.78, 5) is 6.66. The fourth-order valence-electron chi connectivity index (χ4n) is 2.42. The van der Waals surface area contributed by atoms with Crippen molar-refractivity contribution in [1.82, 2.24) is 15.2 Å². The van der Waals surface area contributed by atoms with Gasteiger partial charge in [0, 0.05) is 19.6 Å². The zero-order chi connectivity index (χ0) is 12.1. The maximum absolute atomic E-state index is 12.9. The van der Waals surface area contributed by atoms with Crippen LogP contribution in [0.5, 0.6) is 0 Å². The van der Waals surface area contributed by atoms with E-state index in [0.29, 0.717) is 6.04 Å². The van der Waals surface area contributed by atoms with Crippen LogP contribution in [-0.4, -0.2) is 36.1 Å². The molecule has 0 amide bonds. The SMILES string of the molecule is CCC(c1ccc(F)cn1)N1CCCNCC1. The van der Waals surface area contributed by atoms with Gasteiger partial charge in [0.2, 0.25) is 0 Å². The van der Waals surface area contributed by atoms with E-state index >= 15 is 0 Å². The molecule has 1 aromatic rings. The fourth-order valence-corrected chi connectivity index (χ4v) is 2.42. The maximum atomic E-state index is 12.9. The molecular formula is C13H20FN3. The third-order valence-electron chi connectivity index (χ3n) is 3.29. The Morgan fingerprint density at radius 2 is 2.29 bits per heavy atom. The summed E-state index contributed by atoms with van der Waals surface area (Å²) >= 11 is 0. The van der Waals surface area contributed by atoms with Gasteiger partial charge in [-0.2, -0.15) is 0 Å². The third kappa shape index (κ3) is 3.23. The molecule has 0 spiro atoms. The Morgan fingerprint density at radius 3 is 3.00 bits per heavy atom. The zero-order valence-electron chi connectivity index (χ0n) is 10.3. The lowest BCUT2D eigenvalue weighted by molar-refractivity contribution is 0.201. The molecule has 94 valence electrons. The number of hydrogen-bond donors (Lipinski definition) is 1. The molecule has 17 heavy (non-hydrogen) atoms. The Labute approximate surface area is 102 Å². The van der Waals surface area contributed by atoms with E-state index in [1.807, 2.05) is 6.07 Å². The van der Waals surface area contributed by atoms with Crippen LogP contribution in [0.2, 0.25) is 0 Å². The zero-order valence-corrected chi connectivity index (χ0v) is 10.3. The van der Waals surface area contributed by atoms with Crippen molar-refractivity contribution in [2.75, 3.05) is 26.2 Å². The Kier molecular flexibility index (Phi) is 4.45. The molecule has 0 aromatic carbocycles. The summed E-state index contributed by atoms with van der Waals surface area (Å²) in [6, 6.07) is 3.62. The van der Waals surface area contributed by atoms with Gasteiger partial charge in [0.25, 0.3) is 0 Å². The Balaban J connectivity index is 2.11. The van der Waals surface area contributed by atoms with Gasteiger partial charge in [0.1, 0.15) is 5.82 Å². The Hall–Kier alpha value is -1.00. The molecule has 4 heteroatoms. The first-order valence-electron chi connectivity index (χ1n) is 6.37. The lowest BCUT2D eigenvalue weighted by Gasteiger charge is -2.29. The Bertz CT molecular complexity index is 331. The van der Waals surface area contributed by atoms with Crippen LogP contribution in [0.1, 0.15) is 31.5 Å². The van der Waals surface area contributed by atoms with Crippen LogP contribution in [0.15, 0.2) is 18.3 Å². The summed E-state index contributed by atoms with van der Waals surface area (Å²) < 4.78 is 12.9. The van der Waals surface area contributed by atoms with Crippen molar-refractivity contribution in [3.8, 4) is 0 Å². The second-order valence-corrected chi connectivity index (χ2v) is 4.46. The van der Waals surface area contributed by atoms with Gasteiger partial charge in [-0.25, -0.2) is 4.39 Å². The molecule has 1 aromatic heterocycles. The molecule has 0 bridgehead atoms. The van der Waals surface area contributed by atoms with Gasteiger partial charge in [-0.15, -0.1) is 0 Å². The Morgan fingerprint density at radius 1 is 1.41 bits per heavy atom. The number of rotatable bonds is 3. The standard InChI is InChI=1S/C13H20FN3/c1-2-13(12-5-4-11(14)10-16-12)17-8-3-6-15-7-9-17/h4-5,10,13,15H,2-3,6-9H2,1H3. The highest BCUT2D eigenvalue weighted by atomic mass is 19.1. The van der Waals surface area contributed by atoms with E-state index in [9.17, 15) is 4.39 Å². The predicted octanol–water partition coefficient (Wildman–Crippen LogP) is 1.97. The average molecular weight is 237 g/mol. The van der Waals surface area contributed by atoms with Crippen molar-refractivity contribution >= 4 is 0 Å². The quantitative estimate of drug-likeness (QED) is 0.871. The fraction of sp³-hybridized carbons (Fsp3) is 0.615. The van der Waals surface area contributed by atoms with E-state index in [1.54, 1.807) is 0 Å². The van der Waals surface area contributed by atoms with E-state index < -0.39 is 0 Å². The van der Waals surface area contributed by atoms with Crippen molar-refractivity contribution in [2.24, 2.45) is 0 Å². The molecule has 1 aliphatic heterocycles. The molecular weight excluding hydrogens is 217 g/mol. The number of hydrogen-bond acceptors (Lipinski definition) is 3. The van der Waals surface area contributed by atoms with Crippen molar-refractivity contribution < 1.29 is 4.39 Å². The van der Waals surface area contributed by atoms with Gasteiger partial charge in [-0.05, 0) is 31.5 Å². The second-order valence-electron chi connectivity index (χ2n) is 4.46. The van der Waals surface area contributed by atoms with Crippen LogP contribution in [0, 0.1) is 5.82 Å². The molecule has 1 saturated heterocycles. The van der Waals surface area contributed by atoms with E-state index in [4.69, 9.17) is 0 Å². The summed E-state index contributed by atoms with van der Waals surface area (Å²) in [6.45, 7) is 6.40. The normalized spacial score (nSPS) is 19.9. The van der Waals surface area contributed by atoms with E-state index in [0.717, 1.165) is 44.7 Å². The van der Waals surface area contributed by atoms with Gasteiger partial charge < -0.3 is 5.32 Å². The minimum Gasteiger partial charge on any atom is -0.315 e. The maximum Gasteiger partial charge on any atom is 0.141 e. The molecule has 0 aliphatic carbocycles. The number of aromatic nitrogens is 1. The topological polar surface area (TPSA) is 28.2 Å². The molecule has 1 aliphatic rings. The van der Waals surface area contributed by atoms with Crippen LogP contribution < -0.4 is 5.32 Å². The van der Waals surface area contributed by atoms with Crippen molar-refractivity contribution in [2.45, 2.75) is 25.8 Å². The number of nitrogens with one attached hydrogen (secondary N) is 1.